The Labute approximate surface area is 136 Å². The van der Waals surface area contributed by atoms with Crippen molar-refractivity contribution in [1.82, 2.24) is 10.2 Å². The van der Waals surface area contributed by atoms with E-state index in [1.165, 1.54) is 18.9 Å². The summed E-state index contributed by atoms with van der Waals surface area (Å²) in [7, 11) is 0. The van der Waals surface area contributed by atoms with Gasteiger partial charge in [0.15, 0.2) is 0 Å². The number of likely N-dealkylation sites (tertiary alicyclic amines) is 1. The highest BCUT2D eigenvalue weighted by Crippen LogP contribution is 2.24. The number of piperidine rings is 1. The van der Waals surface area contributed by atoms with Gasteiger partial charge in [0, 0.05) is 12.1 Å². The van der Waals surface area contributed by atoms with Crippen LogP contribution in [0.1, 0.15) is 39.2 Å². The lowest BCUT2D eigenvalue weighted by molar-refractivity contribution is 0.170. The molecule has 0 bridgehead atoms. The van der Waals surface area contributed by atoms with Crippen LogP contribution in [0.3, 0.4) is 0 Å². The first kappa shape index (κ1) is 16.9. The molecule has 118 valence electrons. The standard InChI is InChI=1S/C17H26BrFN2/c1-17(2,3)20-11-13-7-9-21(10-8-13)12-14-5-4-6-15(19)16(14)18/h4-6,13,20H,7-12H2,1-3H3. The molecule has 1 heterocycles. The fraction of sp³-hybridized carbons (Fsp3) is 0.647. The molecule has 0 atom stereocenters. The van der Waals surface area contributed by atoms with Gasteiger partial charge in [0.1, 0.15) is 5.82 Å². The highest BCUT2D eigenvalue weighted by atomic mass is 79.9. The second-order valence-electron chi connectivity index (χ2n) is 7.06. The molecule has 1 N–H and O–H groups in total. The molecule has 1 aromatic carbocycles. The molecule has 1 aliphatic heterocycles. The normalized spacial score (nSPS) is 18.1. The van der Waals surface area contributed by atoms with Crippen molar-refractivity contribution in [1.29, 1.82) is 0 Å². The van der Waals surface area contributed by atoms with E-state index in [2.05, 4.69) is 46.9 Å². The quantitative estimate of drug-likeness (QED) is 0.869. The Balaban J connectivity index is 1.80. The van der Waals surface area contributed by atoms with Crippen molar-refractivity contribution in [2.45, 2.75) is 45.7 Å². The van der Waals surface area contributed by atoms with Gasteiger partial charge < -0.3 is 5.32 Å². The third kappa shape index (κ3) is 5.35. The second kappa shape index (κ2) is 7.21. The molecule has 0 aromatic heterocycles. The first-order valence-corrected chi connectivity index (χ1v) is 8.55. The minimum Gasteiger partial charge on any atom is -0.312 e. The van der Waals surface area contributed by atoms with Gasteiger partial charge in [-0.1, -0.05) is 12.1 Å². The van der Waals surface area contributed by atoms with Crippen LogP contribution in [-0.4, -0.2) is 30.1 Å². The highest BCUT2D eigenvalue weighted by molar-refractivity contribution is 9.10. The van der Waals surface area contributed by atoms with Crippen molar-refractivity contribution in [3.63, 3.8) is 0 Å². The molecule has 0 radical (unpaired) electrons. The molecule has 2 rings (SSSR count). The number of nitrogens with zero attached hydrogens (tertiary/aromatic N) is 1. The van der Waals surface area contributed by atoms with Crippen molar-refractivity contribution in [3.05, 3.63) is 34.1 Å². The lowest BCUT2D eigenvalue weighted by atomic mass is 9.95. The molecule has 1 fully saturated rings. The summed E-state index contributed by atoms with van der Waals surface area (Å²) in [5.74, 6) is 0.591. The van der Waals surface area contributed by atoms with Crippen molar-refractivity contribution < 1.29 is 4.39 Å². The maximum Gasteiger partial charge on any atom is 0.137 e. The molecule has 1 aromatic rings. The first-order valence-electron chi connectivity index (χ1n) is 7.75. The van der Waals surface area contributed by atoms with E-state index in [0.717, 1.165) is 37.7 Å². The summed E-state index contributed by atoms with van der Waals surface area (Å²) in [6.07, 6.45) is 2.44. The second-order valence-corrected chi connectivity index (χ2v) is 7.86. The molecule has 0 saturated carbocycles. The number of halogens is 2. The zero-order valence-electron chi connectivity index (χ0n) is 13.3. The minimum atomic E-state index is -0.170. The monoisotopic (exact) mass is 356 g/mol. The third-order valence-corrected chi connectivity index (χ3v) is 4.94. The maximum atomic E-state index is 13.5. The molecule has 0 aliphatic carbocycles. The van der Waals surface area contributed by atoms with Gasteiger partial charge in [-0.05, 0) is 86.7 Å². The van der Waals surface area contributed by atoms with Crippen LogP contribution in [0.25, 0.3) is 0 Å². The lowest BCUT2D eigenvalue weighted by Crippen LogP contribution is -2.42. The summed E-state index contributed by atoms with van der Waals surface area (Å²) >= 11 is 3.35. The SMILES string of the molecule is CC(C)(C)NCC1CCN(Cc2cccc(F)c2Br)CC1. The number of rotatable bonds is 4. The van der Waals surface area contributed by atoms with Gasteiger partial charge in [0.05, 0.1) is 4.47 Å². The van der Waals surface area contributed by atoms with Crippen molar-refractivity contribution in [2.24, 2.45) is 5.92 Å². The van der Waals surface area contributed by atoms with E-state index < -0.39 is 0 Å². The van der Waals surface area contributed by atoms with Crippen molar-refractivity contribution >= 4 is 15.9 Å². The molecular weight excluding hydrogens is 331 g/mol. The summed E-state index contributed by atoms with van der Waals surface area (Å²) in [5, 5.41) is 3.60. The van der Waals surface area contributed by atoms with Gasteiger partial charge in [0.25, 0.3) is 0 Å². The summed E-state index contributed by atoms with van der Waals surface area (Å²) in [6, 6.07) is 5.29. The van der Waals surface area contributed by atoms with Crippen LogP contribution in [0.2, 0.25) is 0 Å². The molecular formula is C17H26BrFN2. The van der Waals surface area contributed by atoms with Gasteiger partial charge in [-0.2, -0.15) is 0 Å². The number of hydrogen-bond acceptors (Lipinski definition) is 2. The van der Waals surface area contributed by atoms with Crippen LogP contribution in [-0.2, 0) is 6.54 Å². The average molecular weight is 357 g/mol. The molecule has 21 heavy (non-hydrogen) atoms. The van der Waals surface area contributed by atoms with E-state index in [-0.39, 0.29) is 11.4 Å². The van der Waals surface area contributed by atoms with Gasteiger partial charge in [-0.15, -0.1) is 0 Å². The summed E-state index contributed by atoms with van der Waals surface area (Å²) in [5.41, 5.74) is 1.24. The van der Waals surface area contributed by atoms with Crippen LogP contribution < -0.4 is 5.32 Å². The van der Waals surface area contributed by atoms with Gasteiger partial charge >= 0.3 is 0 Å². The lowest BCUT2D eigenvalue weighted by Gasteiger charge is -2.34. The van der Waals surface area contributed by atoms with E-state index in [1.807, 2.05) is 6.07 Å². The van der Waals surface area contributed by atoms with E-state index in [1.54, 1.807) is 6.07 Å². The number of nitrogens with one attached hydrogen (secondary N) is 1. The summed E-state index contributed by atoms with van der Waals surface area (Å²) in [4.78, 5) is 2.42. The van der Waals surface area contributed by atoms with Gasteiger partial charge in [-0.3, -0.25) is 4.90 Å². The maximum absolute atomic E-state index is 13.5. The smallest absolute Gasteiger partial charge is 0.137 e. The Hall–Kier alpha value is -0.450. The minimum absolute atomic E-state index is 0.170. The molecule has 1 aliphatic rings. The number of benzene rings is 1. The fourth-order valence-electron chi connectivity index (χ4n) is 2.71. The predicted molar refractivity (Wildman–Crippen MR) is 89.9 cm³/mol. The average Bonchev–Trinajstić information content (AvgIpc) is 2.42. The Bertz CT molecular complexity index is 462. The van der Waals surface area contributed by atoms with Crippen LogP contribution >= 0.6 is 15.9 Å². The zero-order chi connectivity index (χ0) is 15.5. The van der Waals surface area contributed by atoms with Gasteiger partial charge in [0.2, 0.25) is 0 Å². The molecule has 0 spiro atoms. The molecule has 4 heteroatoms. The molecule has 0 unspecified atom stereocenters. The highest BCUT2D eigenvalue weighted by Gasteiger charge is 2.21. The Morgan fingerprint density at radius 3 is 2.57 bits per heavy atom. The number of hydrogen-bond donors (Lipinski definition) is 1. The Morgan fingerprint density at radius 2 is 1.95 bits per heavy atom. The van der Waals surface area contributed by atoms with Gasteiger partial charge in [-0.25, -0.2) is 4.39 Å². The van der Waals surface area contributed by atoms with Crippen LogP contribution in [0.5, 0.6) is 0 Å². The van der Waals surface area contributed by atoms with E-state index in [0.29, 0.717) is 4.47 Å². The zero-order valence-corrected chi connectivity index (χ0v) is 14.8. The predicted octanol–water partition coefficient (Wildman–Crippen LogP) is 4.19. The Kier molecular flexibility index (Phi) is 5.81. The van der Waals surface area contributed by atoms with E-state index in [4.69, 9.17) is 0 Å². The molecule has 2 nitrogen and oxygen atoms in total. The van der Waals surface area contributed by atoms with E-state index >= 15 is 0 Å². The Morgan fingerprint density at radius 1 is 1.29 bits per heavy atom. The summed E-state index contributed by atoms with van der Waals surface area (Å²) in [6.45, 7) is 10.8. The third-order valence-electron chi connectivity index (χ3n) is 4.05. The van der Waals surface area contributed by atoms with Crippen molar-refractivity contribution in [2.75, 3.05) is 19.6 Å². The molecule has 1 saturated heterocycles. The van der Waals surface area contributed by atoms with Crippen LogP contribution in [0.15, 0.2) is 22.7 Å². The van der Waals surface area contributed by atoms with E-state index in [9.17, 15) is 4.39 Å². The van der Waals surface area contributed by atoms with Crippen LogP contribution in [0.4, 0.5) is 4.39 Å². The largest absolute Gasteiger partial charge is 0.312 e. The molecule has 0 amide bonds. The topological polar surface area (TPSA) is 15.3 Å². The fourth-order valence-corrected chi connectivity index (χ4v) is 3.10. The van der Waals surface area contributed by atoms with Crippen molar-refractivity contribution in [3.8, 4) is 0 Å². The van der Waals surface area contributed by atoms with Crippen LogP contribution in [0, 0.1) is 11.7 Å². The first-order chi connectivity index (χ1) is 9.85. The summed E-state index contributed by atoms with van der Waals surface area (Å²) < 4.78 is 14.1.